The lowest BCUT2D eigenvalue weighted by Gasteiger charge is -2.12. The minimum absolute atomic E-state index is 0.335. The number of hydrogen-bond donors (Lipinski definition) is 1. The van der Waals surface area contributed by atoms with E-state index in [1.165, 1.54) is 0 Å². The van der Waals surface area contributed by atoms with Crippen molar-refractivity contribution in [1.29, 1.82) is 0 Å². The summed E-state index contributed by atoms with van der Waals surface area (Å²) in [5.74, 6) is 1.41. The fraction of sp³-hybridized carbons (Fsp3) is 0.0625. The largest absolute Gasteiger partial charge is 0.455 e. The van der Waals surface area contributed by atoms with E-state index in [9.17, 15) is 0 Å². The zero-order valence-electron chi connectivity index (χ0n) is 10.7. The van der Waals surface area contributed by atoms with Crippen molar-refractivity contribution in [2.24, 2.45) is 5.73 Å². The first-order valence-corrected chi connectivity index (χ1v) is 6.66. The van der Waals surface area contributed by atoms with Gasteiger partial charge in [0.2, 0.25) is 0 Å². The summed E-state index contributed by atoms with van der Waals surface area (Å²) in [4.78, 5) is 4.21. The number of nitrogens with two attached hydrogens (primary N) is 1. The molecule has 3 nitrogen and oxygen atoms in total. The third-order valence-electron chi connectivity index (χ3n) is 3.09. The van der Waals surface area contributed by atoms with Crippen LogP contribution in [0.5, 0.6) is 11.5 Å². The second-order valence-corrected chi connectivity index (χ2v) is 4.75. The molecule has 0 aliphatic heterocycles. The Hall–Kier alpha value is -2.10. The Morgan fingerprint density at radius 1 is 0.950 bits per heavy atom. The van der Waals surface area contributed by atoms with E-state index in [1.54, 1.807) is 6.20 Å². The maximum atomic E-state index is 6.20. The van der Waals surface area contributed by atoms with Crippen LogP contribution in [0.3, 0.4) is 0 Å². The smallest absolute Gasteiger partial charge is 0.150 e. The lowest BCUT2D eigenvalue weighted by molar-refractivity contribution is 0.478. The molecule has 0 saturated carbocycles. The Labute approximate surface area is 122 Å². The highest BCUT2D eigenvalue weighted by Gasteiger charge is 2.09. The highest BCUT2D eigenvalue weighted by atomic mass is 35.5. The van der Waals surface area contributed by atoms with E-state index < -0.39 is 0 Å². The number of rotatable bonds is 3. The van der Waals surface area contributed by atoms with Gasteiger partial charge in [0.1, 0.15) is 11.5 Å². The van der Waals surface area contributed by atoms with Crippen LogP contribution in [0.4, 0.5) is 0 Å². The summed E-state index contributed by atoms with van der Waals surface area (Å²) >= 11 is 6.20. The molecule has 0 amide bonds. The van der Waals surface area contributed by atoms with Gasteiger partial charge in [0, 0.05) is 28.5 Å². The average Bonchev–Trinajstić information content (AvgIpc) is 2.51. The Morgan fingerprint density at radius 2 is 1.75 bits per heavy atom. The number of fused-ring (bicyclic) bond motifs is 1. The van der Waals surface area contributed by atoms with Crippen LogP contribution in [0.25, 0.3) is 10.8 Å². The van der Waals surface area contributed by atoms with Crippen LogP contribution >= 0.6 is 11.6 Å². The number of ether oxygens (including phenoxy) is 1. The van der Waals surface area contributed by atoms with Crippen LogP contribution in [0.1, 0.15) is 5.69 Å². The normalized spacial score (nSPS) is 10.7. The molecule has 0 fully saturated rings. The molecule has 0 radical (unpaired) electrons. The topological polar surface area (TPSA) is 48.1 Å². The molecular weight excluding hydrogens is 272 g/mol. The second-order valence-electron chi connectivity index (χ2n) is 4.35. The molecule has 0 spiro atoms. The molecule has 100 valence electrons. The third kappa shape index (κ3) is 2.33. The van der Waals surface area contributed by atoms with Gasteiger partial charge >= 0.3 is 0 Å². The summed E-state index contributed by atoms with van der Waals surface area (Å²) in [6, 6.07) is 15.2. The zero-order chi connectivity index (χ0) is 13.9. The van der Waals surface area contributed by atoms with Crippen molar-refractivity contribution in [3.63, 3.8) is 0 Å². The molecule has 4 heteroatoms. The van der Waals surface area contributed by atoms with Crippen molar-refractivity contribution >= 4 is 22.4 Å². The molecule has 3 aromatic rings. The minimum Gasteiger partial charge on any atom is -0.455 e. The Balaban J connectivity index is 2.09. The van der Waals surface area contributed by atoms with Crippen molar-refractivity contribution in [2.75, 3.05) is 0 Å². The highest BCUT2D eigenvalue weighted by Crippen LogP contribution is 2.34. The molecular formula is C16H13ClN2O. The lowest BCUT2D eigenvalue weighted by Crippen LogP contribution is -2.02. The lowest BCUT2D eigenvalue weighted by atomic mass is 10.1. The molecule has 2 N–H and O–H groups in total. The summed E-state index contributed by atoms with van der Waals surface area (Å²) in [5, 5.41) is 2.63. The SMILES string of the molecule is NCc1ncccc1Oc1ccc(Cl)c2ccccc12. The molecule has 0 saturated heterocycles. The van der Waals surface area contributed by atoms with Crippen LogP contribution in [-0.4, -0.2) is 4.98 Å². The van der Waals surface area contributed by atoms with E-state index in [1.807, 2.05) is 48.5 Å². The highest BCUT2D eigenvalue weighted by molar-refractivity contribution is 6.35. The monoisotopic (exact) mass is 284 g/mol. The van der Waals surface area contributed by atoms with Gasteiger partial charge in [-0.3, -0.25) is 4.98 Å². The Kier molecular flexibility index (Phi) is 3.54. The predicted molar refractivity (Wildman–Crippen MR) is 81.2 cm³/mol. The van der Waals surface area contributed by atoms with Gasteiger partial charge in [0.25, 0.3) is 0 Å². The number of nitrogens with zero attached hydrogens (tertiary/aromatic N) is 1. The molecule has 2 aromatic carbocycles. The molecule has 0 aliphatic carbocycles. The maximum Gasteiger partial charge on any atom is 0.150 e. The van der Waals surface area contributed by atoms with Gasteiger partial charge in [-0.15, -0.1) is 0 Å². The van der Waals surface area contributed by atoms with Crippen molar-refractivity contribution in [2.45, 2.75) is 6.54 Å². The van der Waals surface area contributed by atoms with Crippen LogP contribution < -0.4 is 10.5 Å². The van der Waals surface area contributed by atoms with Crippen LogP contribution in [0, 0.1) is 0 Å². The van der Waals surface area contributed by atoms with E-state index in [2.05, 4.69) is 4.98 Å². The minimum atomic E-state index is 0.335. The summed E-state index contributed by atoms with van der Waals surface area (Å²) in [5.41, 5.74) is 6.41. The Morgan fingerprint density at radius 3 is 2.55 bits per heavy atom. The molecule has 0 unspecified atom stereocenters. The van der Waals surface area contributed by atoms with E-state index in [0.29, 0.717) is 17.3 Å². The molecule has 0 bridgehead atoms. The second kappa shape index (κ2) is 5.49. The number of halogens is 1. The summed E-state index contributed by atoms with van der Waals surface area (Å²) in [6.45, 7) is 0.335. The van der Waals surface area contributed by atoms with Gasteiger partial charge in [0.05, 0.1) is 5.69 Å². The number of hydrogen-bond acceptors (Lipinski definition) is 3. The van der Waals surface area contributed by atoms with Crippen molar-refractivity contribution in [1.82, 2.24) is 4.98 Å². The molecule has 1 aromatic heterocycles. The van der Waals surface area contributed by atoms with E-state index >= 15 is 0 Å². The third-order valence-corrected chi connectivity index (χ3v) is 3.42. The quantitative estimate of drug-likeness (QED) is 0.786. The molecule has 0 aliphatic rings. The van der Waals surface area contributed by atoms with Gasteiger partial charge in [-0.25, -0.2) is 0 Å². The molecule has 3 rings (SSSR count). The van der Waals surface area contributed by atoms with Gasteiger partial charge in [0.15, 0.2) is 0 Å². The maximum absolute atomic E-state index is 6.20. The van der Waals surface area contributed by atoms with E-state index in [-0.39, 0.29) is 0 Å². The predicted octanol–water partition coefficient (Wildman–Crippen LogP) is 4.14. The number of aromatic nitrogens is 1. The van der Waals surface area contributed by atoms with E-state index in [4.69, 9.17) is 22.1 Å². The van der Waals surface area contributed by atoms with Gasteiger partial charge in [-0.05, 0) is 24.3 Å². The van der Waals surface area contributed by atoms with Gasteiger partial charge < -0.3 is 10.5 Å². The summed E-state index contributed by atoms with van der Waals surface area (Å²) in [7, 11) is 0. The van der Waals surface area contributed by atoms with Crippen molar-refractivity contribution in [3.05, 3.63) is 65.4 Å². The van der Waals surface area contributed by atoms with Gasteiger partial charge in [-0.2, -0.15) is 0 Å². The number of benzene rings is 2. The Bertz CT molecular complexity index is 758. The summed E-state index contributed by atoms with van der Waals surface area (Å²) in [6.07, 6.45) is 1.70. The summed E-state index contributed by atoms with van der Waals surface area (Å²) < 4.78 is 5.97. The fourth-order valence-electron chi connectivity index (χ4n) is 2.11. The van der Waals surface area contributed by atoms with Gasteiger partial charge in [-0.1, -0.05) is 35.9 Å². The van der Waals surface area contributed by atoms with Crippen molar-refractivity contribution in [3.8, 4) is 11.5 Å². The average molecular weight is 285 g/mol. The van der Waals surface area contributed by atoms with Crippen LogP contribution in [0.2, 0.25) is 5.02 Å². The van der Waals surface area contributed by atoms with Crippen LogP contribution in [-0.2, 0) is 6.54 Å². The van der Waals surface area contributed by atoms with Crippen molar-refractivity contribution < 1.29 is 4.74 Å². The van der Waals surface area contributed by atoms with Crippen LogP contribution in [0.15, 0.2) is 54.7 Å². The first-order chi connectivity index (χ1) is 9.79. The zero-order valence-corrected chi connectivity index (χ0v) is 11.5. The first kappa shape index (κ1) is 12.9. The molecule has 0 atom stereocenters. The molecule has 1 heterocycles. The fourth-order valence-corrected chi connectivity index (χ4v) is 2.34. The first-order valence-electron chi connectivity index (χ1n) is 6.28. The molecule has 20 heavy (non-hydrogen) atoms. The van der Waals surface area contributed by atoms with E-state index in [0.717, 1.165) is 22.2 Å². The number of pyridine rings is 1. The standard InChI is InChI=1S/C16H13ClN2O/c17-13-7-8-15(12-5-2-1-4-11(12)13)20-16-6-3-9-19-14(16)10-18/h1-9H,10,18H2.